The first kappa shape index (κ1) is 24.6. The van der Waals surface area contributed by atoms with Gasteiger partial charge in [0.2, 0.25) is 5.75 Å². The smallest absolute Gasteiger partial charge is 0.330 e. The van der Waals surface area contributed by atoms with Gasteiger partial charge in [-0.15, -0.1) is 0 Å². The second-order valence-corrected chi connectivity index (χ2v) is 8.61. The fraction of sp³-hybridized carbons (Fsp3) is 0.0968. The fourth-order valence-corrected chi connectivity index (χ4v) is 4.37. The van der Waals surface area contributed by atoms with Crippen molar-refractivity contribution in [3.8, 4) is 34.2 Å². The summed E-state index contributed by atoms with van der Waals surface area (Å²) < 4.78 is 17.6. The molecule has 0 saturated carbocycles. The van der Waals surface area contributed by atoms with Crippen LogP contribution in [0.4, 0.5) is 0 Å². The topological polar surface area (TPSA) is 82.6 Å². The van der Waals surface area contributed by atoms with Gasteiger partial charge in [-0.2, -0.15) is 0 Å². The van der Waals surface area contributed by atoms with Gasteiger partial charge in [0.1, 0.15) is 0 Å². The Balaban J connectivity index is 1.42. The molecule has 190 valence electrons. The number of nitrogens with one attached hydrogen (secondary N) is 1. The largest absolute Gasteiger partial charge is 0.493 e. The van der Waals surface area contributed by atoms with E-state index in [1.54, 1.807) is 48.7 Å². The van der Waals surface area contributed by atoms with Crippen molar-refractivity contribution in [3.05, 3.63) is 113 Å². The van der Waals surface area contributed by atoms with E-state index in [0.717, 1.165) is 16.3 Å². The number of ether oxygens (including phenoxy) is 3. The average Bonchev–Trinajstić information content (AvgIpc) is 3.36. The van der Waals surface area contributed by atoms with E-state index in [9.17, 15) is 9.59 Å². The summed E-state index contributed by atoms with van der Waals surface area (Å²) in [7, 11) is 4.61. The number of carbonyl (C=O) groups is 1. The quantitative estimate of drug-likeness (QED) is 0.209. The summed E-state index contributed by atoms with van der Waals surface area (Å²) in [5.41, 5.74) is 3.06. The molecule has 0 bridgehead atoms. The SMILES string of the molecule is COc1cc(C=CC(=O)c2cccc(-n3cc(-c4ccc5ccccc5c4)[nH]c3=O)c2)cc(OC)c1OC. The predicted octanol–water partition coefficient (Wildman–Crippen LogP) is 5.91. The molecule has 0 radical (unpaired) electrons. The molecule has 0 fully saturated rings. The van der Waals surface area contributed by atoms with Crippen LogP contribution in [0.5, 0.6) is 17.2 Å². The first-order valence-electron chi connectivity index (χ1n) is 11.9. The van der Waals surface area contributed by atoms with Crippen LogP contribution in [0.25, 0.3) is 33.8 Å². The molecule has 7 heteroatoms. The van der Waals surface area contributed by atoms with E-state index in [1.165, 1.54) is 32.0 Å². The number of imidazole rings is 1. The molecule has 5 aromatic rings. The van der Waals surface area contributed by atoms with Crippen LogP contribution in [-0.4, -0.2) is 36.7 Å². The van der Waals surface area contributed by atoms with Gasteiger partial charge in [-0.25, -0.2) is 4.79 Å². The van der Waals surface area contributed by atoms with E-state index in [0.29, 0.717) is 39.8 Å². The average molecular weight is 507 g/mol. The van der Waals surface area contributed by atoms with Crippen LogP contribution in [0.2, 0.25) is 0 Å². The first-order chi connectivity index (χ1) is 18.5. The number of ketones is 1. The number of rotatable bonds is 8. The van der Waals surface area contributed by atoms with Gasteiger partial charge < -0.3 is 19.2 Å². The number of nitrogens with zero attached hydrogens (tertiary/aromatic N) is 1. The van der Waals surface area contributed by atoms with Gasteiger partial charge >= 0.3 is 5.69 Å². The Kier molecular flexibility index (Phi) is 6.82. The summed E-state index contributed by atoms with van der Waals surface area (Å²) in [5, 5.41) is 2.22. The predicted molar refractivity (Wildman–Crippen MR) is 149 cm³/mol. The minimum Gasteiger partial charge on any atom is -0.493 e. The van der Waals surface area contributed by atoms with Gasteiger partial charge in [-0.3, -0.25) is 9.36 Å². The highest BCUT2D eigenvalue weighted by atomic mass is 16.5. The van der Waals surface area contributed by atoms with E-state index in [1.807, 2.05) is 42.5 Å². The maximum Gasteiger partial charge on any atom is 0.330 e. The number of hydrogen-bond acceptors (Lipinski definition) is 5. The number of H-pyrrole nitrogens is 1. The molecule has 0 unspecified atom stereocenters. The highest BCUT2D eigenvalue weighted by molar-refractivity contribution is 6.07. The van der Waals surface area contributed by atoms with E-state index < -0.39 is 0 Å². The van der Waals surface area contributed by atoms with E-state index in [4.69, 9.17) is 14.2 Å². The number of methoxy groups -OCH3 is 3. The number of benzene rings is 4. The van der Waals surface area contributed by atoms with Crippen LogP contribution in [0, 0.1) is 0 Å². The van der Waals surface area contributed by atoms with Crippen LogP contribution in [0.1, 0.15) is 15.9 Å². The zero-order valence-electron chi connectivity index (χ0n) is 21.2. The minimum atomic E-state index is -0.286. The lowest BCUT2D eigenvalue weighted by Crippen LogP contribution is -2.14. The Morgan fingerprint density at radius 1 is 0.816 bits per heavy atom. The van der Waals surface area contributed by atoms with Crippen LogP contribution < -0.4 is 19.9 Å². The summed E-state index contributed by atoms with van der Waals surface area (Å²) in [5.74, 6) is 1.26. The van der Waals surface area contributed by atoms with Gasteiger partial charge in [-0.1, -0.05) is 54.6 Å². The molecular formula is C31H26N2O5. The molecular weight excluding hydrogens is 480 g/mol. The van der Waals surface area contributed by atoms with Gasteiger partial charge in [0.15, 0.2) is 17.3 Å². The van der Waals surface area contributed by atoms with Gasteiger partial charge in [0.25, 0.3) is 0 Å². The molecule has 4 aromatic carbocycles. The van der Waals surface area contributed by atoms with Crippen LogP contribution in [0.15, 0.2) is 95.9 Å². The number of fused-ring (bicyclic) bond motifs is 1. The maximum atomic E-state index is 13.0. The summed E-state index contributed by atoms with van der Waals surface area (Å²) in [4.78, 5) is 28.7. The zero-order chi connectivity index (χ0) is 26.6. The minimum absolute atomic E-state index is 0.209. The standard InChI is InChI=1S/C31H26N2O5/c1-36-28-15-20(16-29(37-2)30(28)38-3)11-14-27(34)24-9-6-10-25(18-24)33-19-26(32-31(33)35)23-13-12-21-7-4-5-8-22(21)17-23/h4-19H,1-3H3,(H,32,35). The second kappa shape index (κ2) is 10.5. The van der Waals surface area contributed by atoms with Gasteiger partial charge in [0.05, 0.1) is 32.7 Å². The highest BCUT2D eigenvalue weighted by Crippen LogP contribution is 2.38. The van der Waals surface area contributed by atoms with Crippen molar-refractivity contribution in [2.24, 2.45) is 0 Å². The third-order valence-corrected chi connectivity index (χ3v) is 6.30. The third kappa shape index (κ3) is 4.82. The lowest BCUT2D eigenvalue weighted by atomic mass is 10.1. The number of allylic oxidation sites excluding steroid dienone is 1. The van der Waals surface area contributed by atoms with Crippen molar-refractivity contribution >= 4 is 22.6 Å². The Labute approximate surface area is 219 Å². The van der Waals surface area contributed by atoms with E-state index in [-0.39, 0.29) is 11.5 Å². The fourth-order valence-electron chi connectivity index (χ4n) is 4.37. The van der Waals surface area contributed by atoms with Crippen molar-refractivity contribution < 1.29 is 19.0 Å². The van der Waals surface area contributed by atoms with Gasteiger partial charge in [-0.05, 0) is 52.7 Å². The number of aromatic amines is 1. The summed E-state index contributed by atoms with van der Waals surface area (Å²) in [6.45, 7) is 0. The molecule has 0 saturated heterocycles. The normalized spacial score (nSPS) is 11.1. The zero-order valence-corrected chi connectivity index (χ0v) is 21.2. The lowest BCUT2D eigenvalue weighted by molar-refractivity contribution is 0.104. The second-order valence-electron chi connectivity index (χ2n) is 8.61. The number of hydrogen-bond donors (Lipinski definition) is 1. The van der Waals surface area contributed by atoms with Crippen molar-refractivity contribution in [2.45, 2.75) is 0 Å². The lowest BCUT2D eigenvalue weighted by Gasteiger charge is -2.12. The van der Waals surface area contributed by atoms with Crippen LogP contribution in [-0.2, 0) is 0 Å². The molecule has 1 N–H and O–H groups in total. The molecule has 0 aliphatic carbocycles. The molecule has 1 heterocycles. The molecule has 0 aliphatic rings. The van der Waals surface area contributed by atoms with Crippen LogP contribution >= 0.6 is 0 Å². The molecule has 0 amide bonds. The molecule has 38 heavy (non-hydrogen) atoms. The maximum absolute atomic E-state index is 13.0. The summed E-state index contributed by atoms with van der Waals surface area (Å²) >= 11 is 0. The monoisotopic (exact) mass is 506 g/mol. The van der Waals surface area contributed by atoms with E-state index in [2.05, 4.69) is 4.98 Å². The Bertz CT molecular complexity index is 1700. The number of carbonyl (C=O) groups excluding carboxylic acids is 1. The van der Waals surface area contributed by atoms with Gasteiger partial charge in [0, 0.05) is 17.3 Å². The Morgan fingerprint density at radius 3 is 2.26 bits per heavy atom. The highest BCUT2D eigenvalue weighted by Gasteiger charge is 2.13. The van der Waals surface area contributed by atoms with Crippen molar-refractivity contribution in [3.63, 3.8) is 0 Å². The Hall–Kier alpha value is -5.04. The third-order valence-electron chi connectivity index (χ3n) is 6.30. The van der Waals surface area contributed by atoms with Crippen molar-refractivity contribution in [1.29, 1.82) is 0 Å². The van der Waals surface area contributed by atoms with Crippen LogP contribution in [0.3, 0.4) is 0 Å². The molecule has 1 aromatic heterocycles. The first-order valence-corrected chi connectivity index (χ1v) is 11.9. The molecule has 5 rings (SSSR count). The Morgan fingerprint density at radius 2 is 1.55 bits per heavy atom. The van der Waals surface area contributed by atoms with Crippen molar-refractivity contribution in [2.75, 3.05) is 21.3 Å². The molecule has 0 spiro atoms. The molecule has 0 aliphatic heterocycles. The van der Waals surface area contributed by atoms with E-state index >= 15 is 0 Å². The molecule has 7 nitrogen and oxygen atoms in total. The number of aromatic nitrogens is 2. The summed E-state index contributed by atoms with van der Waals surface area (Å²) in [6.07, 6.45) is 4.90. The summed E-state index contributed by atoms with van der Waals surface area (Å²) in [6, 6.07) is 24.6. The molecule has 0 atom stereocenters. The van der Waals surface area contributed by atoms with Crippen molar-refractivity contribution in [1.82, 2.24) is 9.55 Å².